The lowest BCUT2D eigenvalue weighted by atomic mass is 10.1. The molecule has 0 atom stereocenters. The molecule has 1 aromatic carbocycles. The molecule has 0 fully saturated rings. The van der Waals surface area contributed by atoms with Crippen molar-refractivity contribution in [3.8, 4) is 5.75 Å². The minimum Gasteiger partial charge on any atom is -0.497 e. The molecular weight excluding hydrogens is 328 g/mol. The second kappa shape index (κ2) is 8.01. The van der Waals surface area contributed by atoms with Gasteiger partial charge in [0.15, 0.2) is 5.16 Å². The SMILES string of the molecule is COC(=O)CSc1nc(C)c(Cc2ccc(OC)cc2)c(=O)n1C. The van der Waals surface area contributed by atoms with E-state index in [1.54, 1.807) is 14.2 Å². The van der Waals surface area contributed by atoms with Gasteiger partial charge in [-0.25, -0.2) is 4.98 Å². The summed E-state index contributed by atoms with van der Waals surface area (Å²) in [6.45, 7) is 1.81. The van der Waals surface area contributed by atoms with Gasteiger partial charge in [-0.05, 0) is 24.6 Å². The van der Waals surface area contributed by atoms with Crippen molar-refractivity contribution >= 4 is 17.7 Å². The molecule has 2 aromatic rings. The fourth-order valence-corrected chi connectivity index (χ4v) is 3.04. The van der Waals surface area contributed by atoms with Gasteiger partial charge in [-0.1, -0.05) is 23.9 Å². The molecule has 0 unspecified atom stereocenters. The molecule has 0 amide bonds. The van der Waals surface area contributed by atoms with Gasteiger partial charge in [-0.15, -0.1) is 0 Å². The third-order valence-electron chi connectivity index (χ3n) is 3.64. The number of rotatable bonds is 6. The van der Waals surface area contributed by atoms with Crippen LogP contribution in [0.5, 0.6) is 5.75 Å². The van der Waals surface area contributed by atoms with Crippen LogP contribution < -0.4 is 10.3 Å². The first-order valence-corrected chi connectivity index (χ1v) is 8.34. The van der Waals surface area contributed by atoms with E-state index in [9.17, 15) is 9.59 Å². The van der Waals surface area contributed by atoms with Crippen molar-refractivity contribution in [3.63, 3.8) is 0 Å². The van der Waals surface area contributed by atoms with Gasteiger partial charge in [0.2, 0.25) is 0 Å². The molecule has 1 heterocycles. The molecule has 24 heavy (non-hydrogen) atoms. The van der Waals surface area contributed by atoms with E-state index in [1.165, 1.54) is 23.4 Å². The summed E-state index contributed by atoms with van der Waals surface area (Å²) in [6.07, 6.45) is 0.497. The molecule has 128 valence electrons. The molecular formula is C17H20N2O4S. The average Bonchev–Trinajstić information content (AvgIpc) is 2.60. The van der Waals surface area contributed by atoms with Crippen LogP contribution in [-0.4, -0.2) is 35.5 Å². The van der Waals surface area contributed by atoms with Crippen molar-refractivity contribution in [2.45, 2.75) is 18.5 Å². The Morgan fingerprint density at radius 2 is 1.92 bits per heavy atom. The fraction of sp³-hybridized carbons (Fsp3) is 0.353. The highest BCUT2D eigenvalue weighted by molar-refractivity contribution is 7.99. The van der Waals surface area contributed by atoms with Gasteiger partial charge >= 0.3 is 5.97 Å². The Balaban J connectivity index is 2.26. The number of benzene rings is 1. The number of aromatic nitrogens is 2. The van der Waals surface area contributed by atoms with Crippen molar-refractivity contribution in [1.29, 1.82) is 0 Å². The van der Waals surface area contributed by atoms with Gasteiger partial charge in [0.05, 0.1) is 20.0 Å². The highest BCUT2D eigenvalue weighted by Crippen LogP contribution is 2.18. The number of esters is 1. The molecule has 0 saturated heterocycles. The van der Waals surface area contributed by atoms with E-state index in [-0.39, 0.29) is 17.3 Å². The topological polar surface area (TPSA) is 70.4 Å². The fourth-order valence-electron chi connectivity index (χ4n) is 2.19. The number of thioether (sulfide) groups is 1. The highest BCUT2D eigenvalue weighted by atomic mass is 32.2. The molecule has 7 heteroatoms. The van der Waals surface area contributed by atoms with Gasteiger partial charge < -0.3 is 9.47 Å². The van der Waals surface area contributed by atoms with E-state index in [2.05, 4.69) is 9.72 Å². The zero-order chi connectivity index (χ0) is 17.7. The Morgan fingerprint density at radius 1 is 1.25 bits per heavy atom. The Bertz CT molecular complexity index is 784. The number of aryl methyl sites for hydroxylation is 1. The molecule has 1 aromatic heterocycles. The predicted octanol–water partition coefficient (Wildman–Crippen LogP) is 1.95. The monoisotopic (exact) mass is 348 g/mol. The van der Waals surface area contributed by atoms with Gasteiger partial charge in [-0.2, -0.15) is 0 Å². The van der Waals surface area contributed by atoms with Crippen LogP contribution in [0.4, 0.5) is 0 Å². The summed E-state index contributed by atoms with van der Waals surface area (Å²) in [5, 5.41) is 0.501. The minimum atomic E-state index is -0.353. The Morgan fingerprint density at radius 3 is 2.50 bits per heavy atom. The van der Waals surface area contributed by atoms with Crippen LogP contribution in [0.25, 0.3) is 0 Å². The van der Waals surface area contributed by atoms with Crippen molar-refractivity contribution in [2.24, 2.45) is 7.05 Å². The average molecular weight is 348 g/mol. The second-order valence-electron chi connectivity index (χ2n) is 5.21. The summed E-state index contributed by atoms with van der Waals surface area (Å²) in [4.78, 5) is 28.3. The maximum atomic E-state index is 12.6. The van der Waals surface area contributed by atoms with Crippen LogP contribution >= 0.6 is 11.8 Å². The van der Waals surface area contributed by atoms with Crippen LogP contribution in [0.3, 0.4) is 0 Å². The van der Waals surface area contributed by atoms with E-state index in [4.69, 9.17) is 4.74 Å². The smallest absolute Gasteiger partial charge is 0.316 e. The Hall–Kier alpha value is -2.28. The number of hydrogen-bond acceptors (Lipinski definition) is 6. The maximum Gasteiger partial charge on any atom is 0.316 e. The zero-order valence-electron chi connectivity index (χ0n) is 14.2. The van der Waals surface area contributed by atoms with E-state index in [0.29, 0.717) is 22.8 Å². The molecule has 6 nitrogen and oxygen atoms in total. The molecule has 0 aliphatic heterocycles. The third kappa shape index (κ3) is 4.17. The number of hydrogen-bond donors (Lipinski definition) is 0. The largest absolute Gasteiger partial charge is 0.497 e. The first kappa shape index (κ1) is 18.1. The minimum absolute atomic E-state index is 0.106. The number of carbonyl (C=O) groups excluding carboxylic acids is 1. The second-order valence-corrected chi connectivity index (χ2v) is 6.15. The summed E-state index contributed by atoms with van der Waals surface area (Å²) in [5.74, 6) is 0.541. The van der Waals surface area contributed by atoms with Gasteiger partial charge in [0, 0.05) is 24.7 Å². The van der Waals surface area contributed by atoms with E-state index in [1.807, 2.05) is 31.2 Å². The van der Waals surface area contributed by atoms with Gasteiger partial charge in [0.25, 0.3) is 5.56 Å². The van der Waals surface area contributed by atoms with Crippen molar-refractivity contribution in [3.05, 3.63) is 51.4 Å². The molecule has 0 bridgehead atoms. The molecule has 0 aliphatic rings. The summed E-state index contributed by atoms with van der Waals surface area (Å²) >= 11 is 1.19. The van der Waals surface area contributed by atoms with Crippen LogP contribution in [0, 0.1) is 6.92 Å². The van der Waals surface area contributed by atoms with E-state index < -0.39 is 0 Å². The van der Waals surface area contributed by atoms with Crippen LogP contribution in [0.1, 0.15) is 16.8 Å². The van der Waals surface area contributed by atoms with Gasteiger partial charge in [-0.3, -0.25) is 14.2 Å². The van der Waals surface area contributed by atoms with E-state index >= 15 is 0 Å². The van der Waals surface area contributed by atoms with Gasteiger partial charge in [0.1, 0.15) is 5.75 Å². The van der Waals surface area contributed by atoms with E-state index in [0.717, 1.165) is 11.3 Å². The Labute approximate surface area is 144 Å². The third-order valence-corrected chi connectivity index (χ3v) is 4.64. The standard InChI is InChI=1S/C17H20N2O4S/c1-11-14(9-12-5-7-13(22-3)8-6-12)16(21)19(2)17(18-11)24-10-15(20)23-4/h5-8H,9-10H2,1-4H3. The lowest BCUT2D eigenvalue weighted by Crippen LogP contribution is -2.26. The number of methoxy groups -OCH3 is 2. The normalized spacial score (nSPS) is 10.5. The zero-order valence-corrected chi connectivity index (χ0v) is 15.0. The summed E-state index contributed by atoms with van der Waals surface area (Å²) in [6, 6.07) is 7.58. The first-order chi connectivity index (χ1) is 11.5. The summed E-state index contributed by atoms with van der Waals surface area (Å²) in [5.41, 5.74) is 2.21. The molecule has 0 saturated carbocycles. The lowest BCUT2D eigenvalue weighted by Gasteiger charge is -2.12. The Kier molecular flexibility index (Phi) is 6.03. The maximum absolute atomic E-state index is 12.6. The van der Waals surface area contributed by atoms with Crippen molar-refractivity contribution < 1.29 is 14.3 Å². The van der Waals surface area contributed by atoms with Crippen LogP contribution in [-0.2, 0) is 23.0 Å². The van der Waals surface area contributed by atoms with Crippen molar-refractivity contribution in [2.75, 3.05) is 20.0 Å². The summed E-state index contributed by atoms with van der Waals surface area (Å²) in [7, 11) is 4.61. The van der Waals surface area contributed by atoms with Crippen LogP contribution in [0.15, 0.2) is 34.2 Å². The molecule has 0 spiro atoms. The number of nitrogens with zero attached hydrogens (tertiary/aromatic N) is 2. The van der Waals surface area contributed by atoms with Crippen molar-refractivity contribution in [1.82, 2.24) is 9.55 Å². The predicted molar refractivity (Wildman–Crippen MR) is 92.8 cm³/mol. The first-order valence-electron chi connectivity index (χ1n) is 7.35. The summed E-state index contributed by atoms with van der Waals surface area (Å²) < 4.78 is 11.2. The highest BCUT2D eigenvalue weighted by Gasteiger charge is 2.14. The number of carbonyl (C=O) groups is 1. The number of ether oxygens (including phenoxy) is 2. The lowest BCUT2D eigenvalue weighted by molar-refractivity contribution is -0.137. The molecule has 2 rings (SSSR count). The quantitative estimate of drug-likeness (QED) is 0.451. The van der Waals surface area contributed by atoms with Crippen LogP contribution in [0.2, 0.25) is 0 Å². The molecule has 0 N–H and O–H groups in total. The molecule has 0 radical (unpaired) electrons. The molecule has 0 aliphatic carbocycles.